The molecule has 0 heterocycles. The Morgan fingerprint density at radius 2 is 1.92 bits per heavy atom. The number of rotatable bonds is 2. The van der Waals surface area contributed by atoms with Crippen molar-refractivity contribution in [3.63, 3.8) is 0 Å². The number of halogens is 3. The molecule has 1 unspecified atom stereocenters. The summed E-state index contributed by atoms with van der Waals surface area (Å²) in [6.45, 7) is 0.210. The molecule has 0 aliphatic heterocycles. The molecule has 0 fully saturated rings. The molecule has 1 atom stereocenters. The van der Waals surface area contributed by atoms with Crippen molar-refractivity contribution in [2.24, 2.45) is 5.73 Å². The Balaban J connectivity index is 3.20. The van der Waals surface area contributed by atoms with E-state index in [4.69, 9.17) is 5.73 Å². The largest absolute Gasteiger partial charge is 0.387 e. The average Bonchev–Trinajstić information content (AvgIpc) is 2.10. The second kappa shape index (κ2) is 4.89. The third kappa shape index (κ3) is 2.76. The molecule has 2 nitrogen and oxygen atoms in total. The Morgan fingerprint density at radius 3 is 2.46 bits per heavy atom. The SMILES string of the molecule is NCC(O)c1cc(Br)cc(Br)c1Br. The van der Waals surface area contributed by atoms with Crippen molar-refractivity contribution in [1.82, 2.24) is 0 Å². The van der Waals surface area contributed by atoms with Gasteiger partial charge in [-0.2, -0.15) is 0 Å². The van der Waals surface area contributed by atoms with Crippen molar-refractivity contribution in [2.75, 3.05) is 6.54 Å². The Labute approximate surface area is 102 Å². The zero-order chi connectivity index (χ0) is 10.0. The molecule has 0 bridgehead atoms. The smallest absolute Gasteiger partial charge is 0.0923 e. The monoisotopic (exact) mass is 371 g/mol. The van der Waals surface area contributed by atoms with Gasteiger partial charge in [-0.1, -0.05) is 15.9 Å². The molecule has 0 aliphatic carbocycles. The molecule has 1 aromatic carbocycles. The molecule has 13 heavy (non-hydrogen) atoms. The van der Waals surface area contributed by atoms with Gasteiger partial charge in [0.25, 0.3) is 0 Å². The maximum Gasteiger partial charge on any atom is 0.0923 e. The van der Waals surface area contributed by atoms with Gasteiger partial charge in [0.2, 0.25) is 0 Å². The highest BCUT2D eigenvalue weighted by molar-refractivity contribution is 9.13. The first kappa shape index (κ1) is 11.7. The highest BCUT2D eigenvalue weighted by Gasteiger charge is 2.12. The summed E-state index contributed by atoms with van der Waals surface area (Å²) in [4.78, 5) is 0. The van der Waals surface area contributed by atoms with Crippen LogP contribution in [0.1, 0.15) is 11.7 Å². The van der Waals surface area contributed by atoms with E-state index < -0.39 is 6.10 Å². The van der Waals surface area contributed by atoms with Gasteiger partial charge in [0.05, 0.1) is 6.10 Å². The van der Waals surface area contributed by atoms with E-state index in [1.807, 2.05) is 12.1 Å². The van der Waals surface area contributed by atoms with Crippen molar-refractivity contribution >= 4 is 47.8 Å². The molecule has 0 spiro atoms. The number of aliphatic hydroxyl groups excluding tert-OH is 1. The van der Waals surface area contributed by atoms with Crippen LogP contribution in [-0.4, -0.2) is 11.7 Å². The van der Waals surface area contributed by atoms with E-state index in [9.17, 15) is 5.11 Å². The van der Waals surface area contributed by atoms with Crippen molar-refractivity contribution < 1.29 is 5.11 Å². The molecule has 1 rings (SSSR count). The van der Waals surface area contributed by atoms with Crippen LogP contribution in [0.15, 0.2) is 25.6 Å². The Bertz CT molecular complexity index is 317. The maximum absolute atomic E-state index is 9.56. The highest BCUT2D eigenvalue weighted by atomic mass is 79.9. The number of nitrogens with two attached hydrogens (primary N) is 1. The number of hydrogen-bond acceptors (Lipinski definition) is 2. The summed E-state index contributed by atoms with van der Waals surface area (Å²) >= 11 is 10.1. The number of aliphatic hydroxyl groups is 1. The zero-order valence-corrected chi connectivity index (χ0v) is 11.4. The van der Waals surface area contributed by atoms with E-state index in [1.54, 1.807) is 0 Å². The van der Waals surface area contributed by atoms with Gasteiger partial charge in [0.1, 0.15) is 0 Å². The van der Waals surface area contributed by atoms with E-state index in [2.05, 4.69) is 47.8 Å². The predicted molar refractivity (Wildman–Crippen MR) is 63.6 cm³/mol. The lowest BCUT2D eigenvalue weighted by atomic mass is 10.1. The summed E-state index contributed by atoms with van der Waals surface area (Å²) < 4.78 is 2.64. The maximum atomic E-state index is 9.56. The minimum atomic E-state index is -0.636. The third-order valence-corrected chi connectivity index (χ3v) is 4.10. The van der Waals surface area contributed by atoms with Gasteiger partial charge in [-0.05, 0) is 49.6 Å². The summed E-state index contributed by atoms with van der Waals surface area (Å²) in [6.07, 6.45) is -0.636. The molecule has 0 saturated carbocycles. The fourth-order valence-electron chi connectivity index (χ4n) is 0.945. The van der Waals surface area contributed by atoms with Gasteiger partial charge in [0, 0.05) is 20.0 Å². The Hall–Kier alpha value is 0.580. The quantitative estimate of drug-likeness (QED) is 0.783. The molecular weight excluding hydrogens is 366 g/mol. The van der Waals surface area contributed by atoms with Gasteiger partial charge in [-0.15, -0.1) is 0 Å². The fraction of sp³-hybridized carbons (Fsp3) is 0.250. The van der Waals surface area contributed by atoms with Crippen LogP contribution in [0, 0.1) is 0 Å². The normalized spacial score (nSPS) is 13.0. The van der Waals surface area contributed by atoms with Crippen LogP contribution in [-0.2, 0) is 0 Å². The topological polar surface area (TPSA) is 46.2 Å². The molecular formula is C8H8Br3NO. The second-order valence-electron chi connectivity index (χ2n) is 2.54. The van der Waals surface area contributed by atoms with Gasteiger partial charge < -0.3 is 10.8 Å². The van der Waals surface area contributed by atoms with Crippen molar-refractivity contribution in [3.8, 4) is 0 Å². The average molecular weight is 374 g/mol. The molecule has 0 amide bonds. The lowest BCUT2D eigenvalue weighted by Gasteiger charge is -2.12. The number of hydrogen-bond donors (Lipinski definition) is 2. The lowest BCUT2D eigenvalue weighted by Crippen LogP contribution is -2.12. The molecule has 0 aliphatic rings. The van der Waals surface area contributed by atoms with E-state index in [-0.39, 0.29) is 6.54 Å². The van der Waals surface area contributed by atoms with Gasteiger partial charge in [0.15, 0.2) is 0 Å². The van der Waals surface area contributed by atoms with Crippen LogP contribution < -0.4 is 5.73 Å². The minimum absolute atomic E-state index is 0.210. The fourth-order valence-corrected chi connectivity index (χ4v) is 2.70. The van der Waals surface area contributed by atoms with Crippen molar-refractivity contribution in [2.45, 2.75) is 6.10 Å². The summed E-state index contributed by atoms with van der Waals surface area (Å²) in [7, 11) is 0. The van der Waals surface area contributed by atoms with Crippen LogP contribution in [0.2, 0.25) is 0 Å². The molecule has 1 aromatic rings. The first-order valence-corrected chi connectivity index (χ1v) is 5.96. The van der Waals surface area contributed by atoms with Crippen LogP contribution in [0.4, 0.5) is 0 Å². The van der Waals surface area contributed by atoms with Crippen LogP contribution >= 0.6 is 47.8 Å². The van der Waals surface area contributed by atoms with E-state index in [0.29, 0.717) is 0 Å². The molecule has 5 heteroatoms. The first-order valence-electron chi connectivity index (χ1n) is 3.59. The molecule has 72 valence electrons. The molecule has 0 radical (unpaired) electrons. The highest BCUT2D eigenvalue weighted by Crippen LogP contribution is 2.33. The van der Waals surface area contributed by atoms with E-state index in [0.717, 1.165) is 19.0 Å². The lowest BCUT2D eigenvalue weighted by molar-refractivity contribution is 0.186. The molecule has 0 saturated heterocycles. The van der Waals surface area contributed by atoms with Crippen LogP contribution in [0.3, 0.4) is 0 Å². The second-order valence-corrected chi connectivity index (χ2v) is 5.11. The summed E-state index contributed by atoms with van der Waals surface area (Å²) in [5, 5.41) is 9.56. The Kier molecular flexibility index (Phi) is 4.38. The van der Waals surface area contributed by atoms with Crippen molar-refractivity contribution in [3.05, 3.63) is 31.1 Å². The van der Waals surface area contributed by atoms with Crippen LogP contribution in [0.5, 0.6) is 0 Å². The first-order chi connectivity index (χ1) is 6.06. The summed E-state index contributed by atoms with van der Waals surface area (Å²) in [6, 6.07) is 3.74. The zero-order valence-electron chi connectivity index (χ0n) is 6.60. The van der Waals surface area contributed by atoms with Gasteiger partial charge >= 0.3 is 0 Å². The molecule has 3 N–H and O–H groups in total. The van der Waals surface area contributed by atoms with Gasteiger partial charge in [-0.25, -0.2) is 0 Å². The molecule has 0 aromatic heterocycles. The predicted octanol–water partition coefficient (Wildman–Crippen LogP) is 2.97. The number of benzene rings is 1. The van der Waals surface area contributed by atoms with Crippen molar-refractivity contribution in [1.29, 1.82) is 0 Å². The van der Waals surface area contributed by atoms with Crippen LogP contribution in [0.25, 0.3) is 0 Å². The third-order valence-electron chi connectivity index (χ3n) is 1.60. The van der Waals surface area contributed by atoms with Gasteiger partial charge in [-0.3, -0.25) is 0 Å². The van der Waals surface area contributed by atoms with E-state index in [1.165, 1.54) is 0 Å². The minimum Gasteiger partial charge on any atom is -0.387 e. The van der Waals surface area contributed by atoms with E-state index >= 15 is 0 Å². The summed E-state index contributed by atoms with van der Waals surface area (Å²) in [5.74, 6) is 0. The summed E-state index contributed by atoms with van der Waals surface area (Å²) in [5.41, 5.74) is 6.15. The standard InChI is InChI=1S/C8H8Br3NO/c9-4-1-5(7(13)3-12)8(11)6(10)2-4/h1-2,7,13H,3,12H2. The Morgan fingerprint density at radius 1 is 1.31 bits per heavy atom.